The van der Waals surface area contributed by atoms with Crippen molar-refractivity contribution in [1.29, 1.82) is 0 Å². The molecule has 0 bridgehead atoms. The Kier molecular flexibility index (Phi) is 6.23. The Labute approximate surface area is 110 Å². The van der Waals surface area contributed by atoms with E-state index in [1.54, 1.807) is 7.11 Å². The van der Waals surface area contributed by atoms with E-state index in [0.29, 0.717) is 0 Å². The monoisotopic (exact) mass is 246 g/mol. The third-order valence-corrected chi connectivity index (χ3v) is 2.76. The number of ether oxygens (including phenoxy) is 1. The van der Waals surface area contributed by atoms with Crippen LogP contribution in [-0.4, -0.2) is 18.8 Å². The average molecular weight is 246 g/mol. The number of hydrogen-bond donors (Lipinski definition) is 1. The molecule has 0 spiro atoms. The Morgan fingerprint density at radius 3 is 2.33 bits per heavy atom. The van der Waals surface area contributed by atoms with Crippen molar-refractivity contribution in [1.82, 2.24) is 0 Å². The van der Waals surface area contributed by atoms with Gasteiger partial charge in [-0.25, -0.2) is 0 Å². The maximum Gasteiger partial charge on any atom is 0.118 e. The van der Waals surface area contributed by atoms with E-state index >= 15 is 0 Å². The third-order valence-electron chi connectivity index (χ3n) is 2.76. The molecule has 0 aromatic heterocycles. The van der Waals surface area contributed by atoms with Crippen molar-refractivity contribution in [3.8, 4) is 5.75 Å². The molecule has 0 aliphatic carbocycles. The SMILES string of the molecule is COc1ccc(/C(=C/CO)CCC=C(C)C)cc1. The largest absolute Gasteiger partial charge is 0.497 e. The molecule has 0 fully saturated rings. The van der Waals surface area contributed by atoms with Crippen LogP contribution in [-0.2, 0) is 0 Å². The lowest BCUT2D eigenvalue weighted by Crippen LogP contribution is -1.89. The highest BCUT2D eigenvalue weighted by Gasteiger charge is 2.01. The third kappa shape index (κ3) is 4.76. The summed E-state index contributed by atoms with van der Waals surface area (Å²) in [5.41, 5.74) is 3.65. The van der Waals surface area contributed by atoms with Crippen molar-refractivity contribution < 1.29 is 9.84 Å². The zero-order valence-electron chi connectivity index (χ0n) is 11.4. The van der Waals surface area contributed by atoms with E-state index < -0.39 is 0 Å². The molecular formula is C16H22O2. The fourth-order valence-electron chi connectivity index (χ4n) is 1.80. The van der Waals surface area contributed by atoms with E-state index in [-0.39, 0.29) is 6.61 Å². The molecule has 0 aliphatic rings. The van der Waals surface area contributed by atoms with Crippen LogP contribution in [0, 0.1) is 0 Å². The van der Waals surface area contributed by atoms with Gasteiger partial charge in [-0.15, -0.1) is 0 Å². The van der Waals surface area contributed by atoms with Crippen molar-refractivity contribution >= 4 is 5.57 Å². The second-order valence-electron chi connectivity index (χ2n) is 4.46. The molecule has 0 atom stereocenters. The van der Waals surface area contributed by atoms with Crippen LogP contribution in [0.4, 0.5) is 0 Å². The van der Waals surface area contributed by atoms with Gasteiger partial charge in [0.25, 0.3) is 0 Å². The molecule has 98 valence electrons. The topological polar surface area (TPSA) is 29.5 Å². The van der Waals surface area contributed by atoms with Crippen molar-refractivity contribution in [2.45, 2.75) is 26.7 Å². The van der Waals surface area contributed by atoms with Crippen molar-refractivity contribution in [3.05, 3.63) is 47.6 Å². The van der Waals surface area contributed by atoms with Crippen LogP contribution < -0.4 is 4.74 Å². The Hall–Kier alpha value is -1.54. The van der Waals surface area contributed by atoms with Crippen LogP contribution in [0.3, 0.4) is 0 Å². The zero-order valence-corrected chi connectivity index (χ0v) is 11.4. The second-order valence-corrected chi connectivity index (χ2v) is 4.46. The van der Waals surface area contributed by atoms with E-state index in [1.165, 1.54) is 11.1 Å². The Bertz CT molecular complexity index is 409. The molecule has 2 heteroatoms. The smallest absolute Gasteiger partial charge is 0.118 e. The summed E-state index contributed by atoms with van der Waals surface area (Å²) in [5.74, 6) is 0.853. The van der Waals surface area contributed by atoms with E-state index in [2.05, 4.69) is 19.9 Å². The minimum absolute atomic E-state index is 0.0795. The van der Waals surface area contributed by atoms with E-state index in [0.717, 1.165) is 24.2 Å². The van der Waals surface area contributed by atoms with Gasteiger partial charge in [-0.3, -0.25) is 0 Å². The molecule has 0 unspecified atom stereocenters. The molecule has 18 heavy (non-hydrogen) atoms. The molecule has 0 saturated heterocycles. The second kappa shape index (κ2) is 7.72. The van der Waals surface area contributed by atoms with Crippen LogP contribution >= 0.6 is 0 Å². The van der Waals surface area contributed by atoms with Gasteiger partial charge in [0.2, 0.25) is 0 Å². The first-order chi connectivity index (χ1) is 8.67. The van der Waals surface area contributed by atoms with Gasteiger partial charge < -0.3 is 9.84 Å². The lowest BCUT2D eigenvalue weighted by atomic mass is 10.00. The number of allylic oxidation sites excluding steroid dienone is 3. The number of aliphatic hydroxyl groups excluding tert-OH is 1. The van der Waals surface area contributed by atoms with Gasteiger partial charge in [0.05, 0.1) is 13.7 Å². The highest BCUT2D eigenvalue weighted by Crippen LogP contribution is 2.22. The molecule has 2 nitrogen and oxygen atoms in total. The molecule has 1 aromatic carbocycles. The lowest BCUT2D eigenvalue weighted by Gasteiger charge is -2.08. The molecule has 1 aromatic rings. The number of benzene rings is 1. The van der Waals surface area contributed by atoms with Gasteiger partial charge >= 0.3 is 0 Å². The van der Waals surface area contributed by atoms with Crippen molar-refractivity contribution in [2.24, 2.45) is 0 Å². The molecule has 1 rings (SSSR count). The Balaban J connectivity index is 2.77. The summed E-state index contributed by atoms with van der Waals surface area (Å²) in [6.07, 6.45) is 6.04. The van der Waals surface area contributed by atoms with Gasteiger partial charge in [-0.05, 0) is 50.0 Å². The van der Waals surface area contributed by atoms with Crippen LogP contribution in [0.5, 0.6) is 5.75 Å². The summed E-state index contributed by atoms with van der Waals surface area (Å²) in [6, 6.07) is 7.95. The quantitative estimate of drug-likeness (QED) is 0.773. The van der Waals surface area contributed by atoms with Crippen LogP contribution in [0.1, 0.15) is 32.3 Å². The number of methoxy groups -OCH3 is 1. The standard InChI is InChI=1S/C16H22O2/c1-13(2)5-4-6-14(11-12-17)15-7-9-16(18-3)10-8-15/h5,7-11,17H,4,6,12H2,1-3H3/b14-11+. The number of hydrogen-bond acceptors (Lipinski definition) is 2. The fraction of sp³-hybridized carbons (Fsp3) is 0.375. The minimum Gasteiger partial charge on any atom is -0.497 e. The van der Waals surface area contributed by atoms with Crippen LogP contribution in [0.2, 0.25) is 0 Å². The predicted molar refractivity (Wildman–Crippen MR) is 76.7 cm³/mol. The summed E-state index contributed by atoms with van der Waals surface area (Å²) in [6.45, 7) is 4.28. The number of aliphatic hydroxyl groups is 1. The summed E-state index contributed by atoms with van der Waals surface area (Å²) < 4.78 is 5.14. The van der Waals surface area contributed by atoms with Gasteiger partial charge in [-0.2, -0.15) is 0 Å². The summed E-state index contributed by atoms with van der Waals surface area (Å²) in [7, 11) is 1.66. The maximum atomic E-state index is 9.09. The molecule has 1 N–H and O–H groups in total. The predicted octanol–water partition coefficient (Wildman–Crippen LogP) is 3.82. The summed E-state index contributed by atoms with van der Waals surface area (Å²) in [4.78, 5) is 0. The van der Waals surface area contributed by atoms with E-state index in [9.17, 15) is 0 Å². The Morgan fingerprint density at radius 2 is 1.83 bits per heavy atom. The van der Waals surface area contributed by atoms with Crippen molar-refractivity contribution in [2.75, 3.05) is 13.7 Å². The Morgan fingerprint density at radius 1 is 1.17 bits per heavy atom. The summed E-state index contributed by atoms with van der Waals surface area (Å²) in [5, 5.41) is 9.09. The highest BCUT2D eigenvalue weighted by molar-refractivity contribution is 5.66. The molecule has 0 saturated carbocycles. The maximum absolute atomic E-state index is 9.09. The highest BCUT2D eigenvalue weighted by atomic mass is 16.5. The van der Waals surface area contributed by atoms with Gasteiger partial charge in [0, 0.05) is 0 Å². The molecule has 0 aliphatic heterocycles. The van der Waals surface area contributed by atoms with E-state index in [1.807, 2.05) is 30.3 Å². The van der Waals surface area contributed by atoms with E-state index in [4.69, 9.17) is 9.84 Å². The van der Waals surface area contributed by atoms with Gasteiger partial charge in [-0.1, -0.05) is 29.9 Å². The first-order valence-electron chi connectivity index (χ1n) is 6.25. The lowest BCUT2D eigenvalue weighted by molar-refractivity contribution is 0.343. The van der Waals surface area contributed by atoms with Crippen LogP contribution in [0.25, 0.3) is 5.57 Å². The minimum atomic E-state index is 0.0795. The molecular weight excluding hydrogens is 224 g/mol. The molecule has 0 radical (unpaired) electrons. The summed E-state index contributed by atoms with van der Waals surface area (Å²) >= 11 is 0. The van der Waals surface area contributed by atoms with Crippen molar-refractivity contribution in [3.63, 3.8) is 0 Å². The normalized spacial score (nSPS) is 11.2. The number of rotatable bonds is 6. The van der Waals surface area contributed by atoms with Gasteiger partial charge in [0.15, 0.2) is 0 Å². The molecule has 0 heterocycles. The molecule has 0 amide bonds. The first kappa shape index (κ1) is 14.5. The average Bonchev–Trinajstić information content (AvgIpc) is 2.37. The van der Waals surface area contributed by atoms with Gasteiger partial charge in [0.1, 0.15) is 5.75 Å². The van der Waals surface area contributed by atoms with Crippen LogP contribution in [0.15, 0.2) is 42.0 Å². The fourth-order valence-corrected chi connectivity index (χ4v) is 1.80. The first-order valence-corrected chi connectivity index (χ1v) is 6.25. The zero-order chi connectivity index (χ0) is 13.4.